The number of piperidine rings is 1. The zero-order chi connectivity index (χ0) is 14.9. The minimum absolute atomic E-state index is 0.224. The van der Waals surface area contributed by atoms with E-state index in [-0.39, 0.29) is 11.2 Å². The number of rotatable bonds is 3. The summed E-state index contributed by atoms with van der Waals surface area (Å²) in [5.74, 6) is 0. The molecule has 6 nitrogen and oxygen atoms in total. The van der Waals surface area contributed by atoms with Crippen LogP contribution in [0.3, 0.4) is 0 Å². The van der Waals surface area contributed by atoms with Gasteiger partial charge >= 0.3 is 5.69 Å². The first-order chi connectivity index (χ1) is 9.41. The van der Waals surface area contributed by atoms with Crippen molar-refractivity contribution >= 4 is 0 Å². The van der Waals surface area contributed by atoms with Gasteiger partial charge in [0.1, 0.15) is 0 Å². The molecule has 0 amide bonds. The van der Waals surface area contributed by atoms with Crippen LogP contribution in [0.2, 0.25) is 0 Å². The Morgan fingerprint density at radius 2 is 1.80 bits per heavy atom. The third-order valence-corrected chi connectivity index (χ3v) is 4.16. The van der Waals surface area contributed by atoms with E-state index in [1.807, 2.05) is 0 Å². The average molecular weight is 280 g/mol. The van der Waals surface area contributed by atoms with Crippen molar-refractivity contribution in [3.8, 4) is 0 Å². The molecule has 2 unspecified atom stereocenters. The Morgan fingerprint density at radius 1 is 1.20 bits per heavy atom. The fraction of sp³-hybridized carbons (Fsp3) is 0.714. The van der Waals surface area contributed by atoms with Gasteiger partial charge < -0.3 is 4.57 Å². The fourth-order valence-electron chi connectivity index (χ4n) is 2.91. The summed E-state index contributed by atoms with van der Waals surface area (Å²) in [5, 5.41) is 2.23. The normalized spacial score (nSPS) is 24.0. The maximum absolute atomic E-state index is 12.1. The SMILES string of the molecule is CC1CCCC(C)N1NCc1cn(C)c(=O)n(C)c1=O. The van der Waals surface area contributed by atoms with Gasteiger partial charge in [-0.1, -0.05) is 6.42 Å². The quantitative estimate of drug-likeness (QED) is 0.868. The van der Waals surface area contributed by atoms with Crippen LogP contribution in [0.1, 0.15) is 38.7 Å². The Morgan fingerprint density at radius 3 is 2.40 bits per heavy atom. The van der Waals surface area contributed by atoms with Crippen LogP contribution in [0.15, 0.2) is 15.8 Å². The summed E-state index contributed by atoms with van der Waals surface area (Å²) in [6, 6.07) is 0.935. The lowest BCUT2D eigenvalue weighted by molar-refractivity contribution is 0.0433. The molecule has 6 heteroatoms. The fourth-order valence-corrected chi connectivity index (χ4v) is 2.91. The molecule has 1 aromatic rings. The van der Waals surface area contributed by atoms with Crippen molar-refractivity contribution in [1.82, 2.24) is 19.6 Å². The highest BCUT2D eigenvalue weighted by atomic mass is 16.2. The summed E-state index contributed by atoms with van der Waals surface area (Å²) in [6.07, 6.45) is 5.21. The van der Waals surface area contributed by atoms with Crippen molar-refractivity contribution in [2.45, 2.75) is 51.7 Å². The van der Waals surface area contributed by atoms with Gasteiger partial charge in [0, 0.05) is 44.5 Å². The number of nitrogens with zero attached hydrogens (tertiary/aromatic N) is 3. The van der Waals surface area contributed by atoms with E-state index < -0.39 is 0 Å². The Kier molecular flexibility index (Phi) is 4.45. The Labute approximate surface area is 119 Å². The van der Waals surface area contributed by atoms with E-state index in [1.54, 1.807) is 13.2 Å². The second kappa shape index (κ2) is 5.93. The second-order valence-electron chi connectivity index (χ2n) is 5.78. The highest BCUT2D eigenvalue weighted by Gasteiger charge is 2.24. The molecule has 0 bridgehead atoms. The van der Waals surface area contributed by atoms with Gasteiger partial charge in [0.15, 0.2) is 0 Å². The van der Waals surface area contributed by atoms with Crippen LogP contribution < -0.4 is 16.7 Å². The predicted molar refractivity (Wildman–Crippen MR) is 78.4 cm³/mol. The highest BCUT2D eigenvalue weighted by molar-refractivity contribution is 5.05. The minimum atomic E-state index is -0.293. The molecule has 0 aliphatic carbocycles. The molecule has 0 aromatic carbocycles. The van der Waals surface area contributed by atoms with E-state index in [4.69, 9.17) is 0 Å². The Bertz CT molecular complexity index is 580. The number of aromatic nitrogens is 2. The molecule has 1 aliphatic rings. The minimum Gasteiger partial charge on any atom is -0.303 e. The lowest BCUT2D eigenvalue weighted by atomic mass is 10.00. The zero-order valence-electron chi connectivity index (χ0n) is 12.7. The van der Waals surface area contributed by atoms with E-state index in [9.17, 15) is 9.59 Å². The molecule has 1 aliphatic heterocycles. The van der Waals surface area contributed by atoms with Crippen molar-refractivity contribution in [2.24, 2.45) is 14.1 Å². The number of hydrogen-bond donors (Lipinski definition) is 1. The molecule has 0 spiro atoms. The van der Waals surface area contributed by atoms with Crippen molar-refractivity contribution in [3.63, 3.8) is 0 Å². The van der Waals surface area contributed by atoms with Gasteiger partial charge in [0.05, 0.1) is 0 Å². The maximum atomic E-state index is 12.1. The molecule has 0 radical (unpaired) electrons. The predicted octanol–water partition coefficient (Wildman–Crippen LogP) is 0.352. The lowest BCUT2D eigenvalue weighted by Crippen LogP contribution is -2.52. The molecule has 112 valence electrons. The average Bonchev–Trinajstić information content (AvgIpc) is 2.41. The first-order valence-electron chi connectivity index (χ1n) is 7.19. The number of nitrogens with one attached hydrogen (secondary N) is 1. The summed E-state index contributed by atoms with van der Waals surface area (Å²) in [5.41, 5.74) is 3.45. The molecule has 1 aromatic heterocycles. The van der Waals surface area contributed by atoms with Crippen LogP contribution >= 0.6 is 0 Å². The standard InChI is InChI=1S/C14H24N4O2/c1-10-6-5-7-11(2)18(10)15-8-12-9-16(3)14(20)17(4)13(12)19/h9-11,15H,5-8H2,1-4H3. The van der Waals surface area contributed by atoms with Crippen molar-refractivity contribution in [3.05, 3.63) is 32.6 Å². The van der Waals surface area contributed by atoms with E-state index in [2.05, 4.69) is 24.3 Å². The Hall–Kier alpha value is -1.40. The topological polar surface area (TPSA) is 59.3 Å². The molecule has 1 N–H and O–H groups in total. The lowest BCUT2D eigenvalue weighted by Gasteiger charge is -2.39. The van der Waals surface area contributed by atoms with E-state index in [0.29, 0.717) is 24.2 Å². The van der Waals surface area contributed by atoms with Crippen molar-refractivity contribution in [1.29, 1.82) is 0 Å². The third-order valence-electron chi connectivity index (χ3n) is 4.16. The first kappa shape index (κ1) is 15.0. The van der Waals surface area contributed by atoms with Gasteiger partial charge in [0.25, 0.3) is 5.56 Å². The third kappa shape index (κ3) is 2.86. The summed E-state index contributed by atoms with van der Waals surface area (Å²) >= 11 is 0. The van der Waals surface area contributed by atoms with E-state index in [0.717, 1.165) is 4.57 Å². The number of hydrogen-bond acceptors (Lipinski definition) is 4. The summed E-state index contributed by atoms with van der Waals surface area (Å²) in [6.45, 7) is 4.85. The molecule has 1 saturated heterocycles. The molecule has 0 saturated carbocycles. The van der Waals surface area contributed by atoms with Crippen LogP contribution in [-0.4, -0.2) is 26.2 Å². The zero-order valence-corrected chi connectivity index (χ0v) is 12.7. The van der Waals surface area contributed by atoms with E-state index >= 15 is 0 Å². The van der Waals surface area contributed by atoms with Crippen LogP contribution in [0, 0.1) is 0 Å². The molecule has 20 heavy (non-hydrogen) atoms. The van der Waals surface area contributed by atoms with Gasteiger partial charge in [0.2, 0.25) is 0 Å². The smallest absolute Gasteiger partial charge is 0.303 e. The van der Waals surface area contributed by atoms with Gasteiger partial charge in [-0.05, 0) is 26.7 Å². The molecule has 1 fully saturated rings. The number of aryl methyl sites for hydroxylation is 1. The molecule has 2 rings (SSSR count). The highest BCUT2D eigenvalue weighted by Crippen LogP contribution is 2.20. The van der Waals surface area contributed by atoms with Crippen LogP contribution in [-0.2, 0) is 20.6 Å². The molecular formula is C14H24N4O2. The van der Waals surface area contributed by atoms with Gasteiger partial charge in [-0.2, -0.15) is 0 Å². The molecule has 2 heterocycles. The molecular weight excluding hydrogens is 256 g/mol. The number of hydrazine groups is 1. The van der Waals surface area contributed by atoms with Gasteiger partial charge in [-0.15, -0.1) is 0 Å². The summed E-state index contributed by atoms with van der Waals surface area (Å²) < 4.78 is 2.60. The van der Waals surface area contributed by atoms with Crippen LogP contribution in [0.5, 0.6) is 0 Å². The van der Waals surface area contributed by atoms with E-state index in [1.165, 1.54) is 30.9 Å². The summed E-state index contributed by atoms with van der Waals surface area (Å²) in [7, 11) is 3.18. The largest absolute Gasteiger partial charge is 0.330 e. The van der Waals surface area contributed by atoms with Gasteiger partial charge in [-0.25, -0.2) is 9.80 Å². The first-order valence-corrected chi connectivity index (χ1v) is 7.19. The van der Waals surface area contributed by atoms with Gasteiger partial charge in [-0.3, -0.25) is 14.8 Å². The molecule has 2 atom stereocenters. The van der Waals surface area contributed by atoms with Crippen LogP contribution in [0.4, 0.5) is 0 Å². The van der Waals surface area contributed by atoms with Crippen molar-refractivity contribution in [2.75, 3.05) is 0 Å². The summed E-state index contributed by atoms with van der Waals surface area (Å²) in [4.78, 5) is 23.7. The monoisotopic (exact) mass is 280 g/mol. The van der Waals surface area contributed by atoms with Crippen molar-refractivity contribution < 1.29 is 0 Å². The Balaban J connectivity index is 2.15. The second-order valence-corrected chi connectivity index (χ2v) is 5.78. The maximum Gasteiger partial charge on any atom is 0.330 e. The van der Waals surface area contributed by atoms with Crippen LogP contribution in [0.25, 0.3) is 0 Å².